The molecule has 0 heterocycles. The lowest BCUT2D eigenvalue weighted by Gasteiger charge is -2.21. The third kappa shape index (κ3) is 15.6. The van der Waals surface area contributed by atoms with Crippen LogP contribution in [0.1, 0.15) is 77.8 Å². The summed E-state index contributed by atoms with van der Waals surface area (Å²) in [6, 6.07) is 7.46. The van der Waals surface area contributed by atoms with E-state index >= 15 is 0 Å². The molecule has 0 aromatic heterocycles. The zero-order chi connectivity index (χ0) is 26.5. The van der Waals surface area contributed by atoms with Crippen LogP contribution in [0.25, 0.3) is 0 Å². The number of carbonyl (C=O) groups is 3. The van der Waals surface area contributed by atoms with Crippen LogP contribution in [-0.4, -0.2) is 61.8 Å². The smallest absolute Gasteiger partial charge is 0.243 e. The fourth-order valence-electron chi connectivity index (χ4n) is 3.33. The molecular weight excluding hydrogens is 428 g/mol. The van der Waals surface area contributed by atoms with E-state index in [4.69, 9.17) is 5.73 Å². The molecule has 0 aliphatic carbocycles. The number of aryl methyl sites for hydroxylation is 2. The number of nitrogens with two attached hydrogens (primary N) is 1. The van der Waals surface area contributed by atoms with Crippen LogP contribution in [-0.2, 0) is 20.8 Å². The topological polar surface area (TPSA) is 105 Å². The summed E-state index contributed by atoms with van der Waals surface area (Å²) in [5.74, 6) is -0.277. The van der Waals surface area contributed by atoms with Crippen molar-refractivity contribution in [1.29, 1.82) is 0 Å². The first-order valence-electron chi connectivity index (χ1n) is 12.7. The van der Waals surface area contributed by atoms with Gasteiger partial charge in [-0.1, -0.05) is 57.5 Å². The lowest BCUT2D eigenvalue weighted by Crippen LogP contribution is -2.51. The second-order valence-electron chi connectivity index (χ2n) is 8.07. The number of Topliss-reactive ketones (excluding diaryl/α,β-unsaturated/α-hetero) is 1. The average molecular weight is 479 g/mol. The molecule has 4 N–H and O–H groups in total. The number of rotatable bonds is 14. The highest BCUT2D eigenvalue weighted by Crippen LogP contribution is 2.08. The summed E-state index contributed by atoms with van der Waals surface area (Å²) in [7, 11) is 3.78. The van der Waals surface area contributed by atoms with Crippen molar-refractivity contribution in [2.24, 2.45) is 5.73 Å². The summed E-state index contributed by atoms with van der Waals surface area (Å²) in [5, 5.41) is 5.55. The zero-order valence-electron chi connectivity index (χ0n) is 22.9. The standard InChI is InChI=1S/C23H38N4O3.2C2H6/c1-17-11-13-19(14-12-17)8-7-10-22(29)26-20(16-24)23(30)25-15-6-5-9-21(18(2)28)27(3)4;2*1-2/h11-14,20-21H,5-10,15-16,24H2,1-4H3,(H,25,30)(H,26,29);2*1-2H3. The highest BCUT2D eigenvalue weighted by molar-refractivity contribution is 5.87. The van der Waals surface area contributed by atoms with Crippen LogP contribution >= 0.6 is 0 Å². The van der Waals surface area contributed by atoms with Crippen LogP contribution in [0.15, 0.2) is 24.3 Å². The molecule has 0 saturated heterocycles. The molecule has 1 rings (SSSR count). The SMILES string of the molecule is CC.CC.CC(=O)C(CCCCNC(=O)C(CN)NC(=O)CCCc1ccc(C)cc1)N(C)C. The number of ketones is 1. The molecule has 0 fully saturated rings. The molecule has 2 amide bonds. The Morgan fingerprint density at radius 1 is 0.971 bits per heavy atom. The molecule has 34 heavy (non-hydrogen) atoms. The minimum atomic E-state index is -0.719. The number of hydrogen-bond acceptors (Lipinski definition) is 5. The lowest BCUT2D eigenvalue weighted by molar-refractivity contribution is -0.128. The van der Waals surface area contributed by atoms with Gasteiger partial charge in [0.15, 0.2) is 0 Å². The number of nitrogens with zero attached hydrogens (tertiary/aromatic N) is 1. The largest absolute Gasteiger partial charge is 0.354 e. The molecule has 2 unspecified atom stereocenters. The summed E-state index contributed by atoms with van der Waals surface area (Å²) in [4.78, 5) is 37.9. The van der Waals surface area contributed by atoms with Crippen molar-refractivity contribution in [3.63, 3.8) is 0 Å². The number of hydrogen-bond donors (Lipinski definition) is 3. The van der Waals surface area contributed by atoms with E-state index in [1.165, 1.54) is 11.1 Å². The first-order chi connectivity index (χ1) is 16.2. The Morgan fingerprint density at radius 3 is 2.06 bits per heavy atom. The van der Waals surface area contributed by atoms with Crippen molar-refractivity contribution < 1.29 is 14.4 Å². The molecule has 7 nitrogen and oxygen atoms in total. The van der Waals surface area contributed by atoms with Gasteiger partial charge in [0.05, 0.1) is 6.04 Å². The van der Waals surface area contributed by atoms with E-state index in [-0.39, 0.29) is 30.2 Å². The molecule has 0 spiro atoms. The predicted molar refractivity (Wildman–Crippen MR) is 143 cm³/mol. The minimum absolute atomic E-state index is 0.0581. The molecule has 0 aliphatic rings. The van der Waals surface area contributed by atoms with Crippen molar-refractivity contribution in [1.82, 2.24) is 15.5 Å². The Bertz CT molecular complexity index is 675. The summed E-state index contributed by atoms with van der Waals surface area (Å²) < 4.78 is 0. The van der Waals surface area contributed by atoms with Gasteiger partial charge in [-0.05, 0) is 65.6 Å². The predicted octanol–water partition coefficient (Wildman–Crippen LogP) is 3.62. The minimum Gasteiger partial charge on any atom is -0.354 e. The second kappa shape index (κ2) is 21.3. The van der Waals surface area contributed by atoms with Crippen molar-refractivity contribution in [3.8, 4) is 0 Å². The van der Waals surface area contributed by atoms with Crippen LogP contribution in [0.4, 0.5) is 0 Å². The Morgan fingerprint density at radius 2 is 1.56 bits per heavy atom. The first kappa shape index (κ1) is 33.9. The average Bonchev–Trinajstić information content (AvgIpc) is 2.82. The van der Waals surface area contributed by atoms with E-state index in [9.17, 15) is 14.4 Å². The van der Waals surface area contributed by atoms with Gasteiger partial charge >= 0.3 is 0 Å². The maximum absolute atomic E-state index is 12.3. The maximum atomic E-state index is 12.3. The van der Waals surface area contributed by atoms with E-state index in [1.807, 2.05) is 53.6 Å². The fourth-order valence-corrected chi connectivity index (χ4v) is 3.33. The summed E-state index contributed by atoms with van der Waals surface area (Å²) >= 11 is 0. The third-order valence-corrected chi connectivity index (χ3v) is 5.17. The van der Waals surface area contributed by atoms with E-state index in [0.29, 0.717) is 13.0 Å². The van der Waals surface area contributed by atoms with Gasteiger partial charge in [-0.3, -0.25) is 19.3 Å². The quantitative estimate of drug-likeness (QED) is 0.354. The van der Waals surface area contributed by atoms with Crippen LogP contribution < -0.4 is 16.4 Å². The summed E-state index contributed by atoms with van der Waals surface area (Å²) in [5.41, 5.74) is 8.08. The normalized spacial score (nSPS) is 11.8. The Labute approximate surface area is 208 Å². The third-order valence-electron chi connectivity index (χ3n) is 5.17. The molecule has 0 bridgehead atoms. The summed E-state index contributed by atoms with van der Waals surface area (Å²) in [6.07, 6.45) is 4.26. The lowest BCUT2D eigenvalue weighted by atomic mass is 10.1. The van der Waals surface area contributed by atoms with Gasteiger partial charge in [0.25, 0.3) is 0 Å². The Kier molecular flexibility index (Phi) is 21.2. The molecular formula is C27H50N4O3. The Hall–Kier alpha value is -2.25. The van der Waals surface area contributed by atoms with Gasteiger partial charge in [0.1, 0.15) is 11.8 Å². The number of unbranched alkanes of at least 4 members (excludes halogenated alkanes) is 1. The number of nitrogens with one attached hydrogen (secondary N) is 2. The van der Waals surface area contributed by atoms with Gasteiger partial charge < -0.3 is 16.4 Å². The van der Waals surface area contributed by atoms with Crippen molar-refractivity contribution in [2.75, 3.05) is 27.2 Å². The molecule has 7 heteroatoms. The molecule has 1 aromatic rings. The monoisotopic (exact) mass is 478 g/mol. The van der Waals surface area contributed by atoms with E-state index in [1.54, 1.807) is 6.92 Å². The molecule has 1 aromatic carbocycles. The number of amides is 2. The van der Waals surface area contributed by atoms with Crippen LogP contribution in [0.3, 0.4) is 0 Å². The maximum Gasteiger partial charge on any atom is 0.243 e. The highest BCUT2D eigenvalue weighted by Gasteiger charge is 2.19. The van der Waals surface area contributed by atoms with E-state index in [0.717, 1.165) is 32.1 Å². The highest BCUT2D eigenvalue weighted by atomic mass is 16.2. The number of benzene rings is 1. The first-order valence-corrected chi connectivity index (χ1v) is 12.7. The molecule has 0 aliphatic heterocycles. The van der Waals surface area contributed by atoms with Crippen molar-refractivity contribution >= 4 is 17.6 Å². The van der Waals surface area contributed by atoms with E-state index < -0.39 is 6.04 Å². The molecule has 196 valence electrons. The van der Waals surface area contributed by atoms with Crippen molar-refractivity contribution in [2.45, 2.75) is 92.2 Å². The van der Waals surface area contributed by atoms with Crippen LogP contribution in [0.2, 0.25) is 0 Å². The number of carbonyl (C=O) groups excluding carboxylic acids is 3. The van der Waals surface area contributed by atoms with Gasteiger partial charge in [-0.2, -0.15) is 0 Å². The van der Waals surface area contributed by atoms with Gasteiger partial charge in [-0.15, -0.1) is 0 Å². The van der Waals surface area contributed by atoms with Gasteiger partial charge in [0.2, 0.25) is 11.8 Å². The fraction of sp³-hybridized carbons (Fsp3) is 0.667. The molecule has 0 radical (unpaired) electrons. The second-order valence-corrected chi connectivity index (χ2v) is 8.07. The van der Waals surface area contributed by atoms with Crippen molar-refractivity contribution in [3.05, 3.63) is 35.4 Å². The van der Waals surface area contributed by atoms with Gasteiger partial charge in [0, 0.05) is 19.5 Å². The Balaban J connectivity index is 0. The van der Waals surface area contributed by atoms with Gasteiger partial charge in [-0.25, -0.2) is 0 Å². The molecule has 2 atom stereocenters. The molecule has 0 saturated carbocycles. The summed E-state index contributed by atoms with van der Waals surface area (Å²) in [6.45, 7) is 12.2. The number of likely N-dealkylation sites (N-methyl/N-ethyl adjacent to an activating group) is 1. The van der Waals surface area contributed by atoms with Crippen LogP contribution in [0.5, 0.6) is 0 Å². The van der Waals surface area contributed by atoms with Crippen LogP contribution in [0, 0.1) is 6.92 Å². The van der Waals surface area contributed by atoms with E-state index in [2.05, 4.69) is 34.9 Å². The zero-order valence-corrected chi connectivity index (χ0v) is 22.9.